The van der Waals surface area contributed by atoms with E-state index in [-0.39, 0.29) is 18.0 Å². The standard InChI is InChI=1S/C11H18N2O4S/c1-2-13-18(16,17)11-6-4-3-5-10(11)12-7-9(15)8-14/h3-6,9,12-15H,2,7-8H2,1H3. The zero-order valence-electron chi connectivity index (χ0n) is 10.1. The summed E-state index contributed by atoms with van der Waals surface area (Å²) < 4.78 is 26.2. The van der Waals surface area contributed by atoms with Crippen LogP contribution in [0, 0.1) is 0 Å². The van der Waals surface area contributed by atoms with Gasteiger partial charge in [0.1, 0.15) is 4.90 Å². The van der Waals surface area contributed by atoms with Crippen molar-refractivity contribution >= 4 is 15.7 Å². The first kappa shape index (κ1) is 14.9. The maximum Gasteiger partial charge on any atom is 0.242 e. The van der Waals surface area contributed by atoms with Gasteiger partial charge < -0.3 is 15.5 Å². The van der Waals surface area contributed by atoms with Gasteiger partial charge in [-0.15, -0.1) is 0 Å². The molecule has 0 bridgehead atoms. The van der Waals surface area contributed by atoms with Crippen LogP contribution < -0.4 is 10.0 Å². The van der Waals surface area contributed by atoms with E-state index in [9.17, 15) is 13.5 Å². The van der Waals surface area contributed by atoms with Crippen molar-refractivity contribution in [1.82, 2.24) is 4.72 Å². The fourth-order valence-corrected chi connectivity index (χ4v) is 2.63. The van der Waals surface area contributed by atoms with Crippen LogP contribution in [0.4, 0.5) is 5.69 Å². The van der Waals surface area contributed by atoms with Gasteiger partial charge in [0.15, 0.2) is 0 Å². The van der Waals surface area contributed by atoms with Gasteiger partial charge in [0.2, 0.25) is 10.0 Å². The van der Waals surface area contributed by atoms with E-state index in [4.69, 9.17) is 5.11 Å². The minimum Gasteiger partial charge on any atom is -0.394 e. The number of benzene rings is 1. The molecule has 4 N–H and O–H groups in total. The van der Waals surface area contributed by atoms with Crippen molar-refractivity contribution in [3.05, 3.63) is 24.3 Å². The molecule has 0 aliphatic carbocycles. The molecule has 18 heavy (non-hydrogen) atoms. The Morgan fingerprint density at radius 3 is 2.61 bits per heavy atom. The first-order valence-corrected chi connectivity index (χ1v) is 7.11. The molecule has 1 aromatic rings. The second kappa shape index (κ2) is 6.69. The van der Waals surface area contributed by atoms with Crippen LogP contribution in [0.2, 0.25) is 0 Å². The topological polar surface area (TPSA) is 98.7 Å². The van der Waals surface area contributed by atoms with Crippen LogP contribution >= 0.6 is 0 Å². The molecular weight excluding hydrogens is 256 g/mol. The summed E-state index contributed by atoms with van der Waals surface area (Å²) >= 11 is 0. The lowest BCUT2D eigenvalue weighted by Gasteiger charge is -2.14. The van der Waals surface area contributed by atoms with E-state index in [1.165, 1.54) is 6.07 Å². The van der Waals surface area contributed by atoms with Crippen LogP contribution in [-0.2, 0) is 10.0 Å². The van der Waals surface area contributed by atoms with Crippen LogP contribution in [0.3, 0.4) is 0 Å². The molecule has 0 spiro atoms. The van der Waals surface area contributed by atoms with Gasteiger partial charge in [0.25, 0.3) is 0 Å². The Kier molecular flexibility index (Phi) is 5.54. The Morgan fingerprint density at radius 2 is 2.00 bits per heavy atom. The van der Waals surface area contributed by atoms with Gasteiger partial charge in [-0.2, -0.15) is 0 Å². The quantitative estimate of drug-likeness (QED) is 0.549. The van der Waals surface area contributed by atoms with E-state index in [1.54, 1.807) is 25.1 Å². The van der Waals surface area contributed by atoms with Crippen molar-refractivity contribution in [2.45, 2.75) is 17.9 Å². The van der Waals surface area contributed by atoms with Gasteiger partial charge in [0.05, 0.1) is 18.4 Å². The molecule has 7 heteroatoms. The average Bonchev–Trinajstić information content (AvgIpc) is 2.36. The zero-order chi connectivity index (χ0) is 13.6. The van der Waals surface area contributed by atoms with Crippen LogP contribution in [0.5, 0.6) is 0 Å². The van der Waals surface area contributed by atoms with E-state index < -0.39 is 16.1 Å². The summed E-state index contributed by atoms with van der Waals surface area (Å²) in [6.07, 6.45) is -0.931. The Morgan fingerprint density at radius 1 is 1.33 bits per heavy atom. The first-order valence-electron chi connectivity index (χ1n) is 5.62. The van der Waals surface area contributed by atoms with Crippen molar-refractivity contribution in [3.63, 3.8) is 0 Å². The maximum atomic E-state index is 11.9. The molecule has 0 aliphatic rings. The highest BCUT2D eigenvalue weighted by atomic mass is 32.2. The number of hydrogen-bond donors (Lipinski definition) is 4. The molecule has 1 atom stereocenters. The highest BCUT2D eigenvalue weighted by Gasteiger charge is 2.17. The fourth-order valence-electron chi connectivity index (χ4n) is 1.41. The molecule has 0 amide bonds. The molecule has 0 saturated carbocycles. The van der Waals surface area contributed by atoms with Crippen molar-refractivity contribution in [2.75, 3.05) is 25.0 Å². The van der Waals surface area contributed by atoms with Gasteiger partial charge in [0, 0.05) is 13.1 Å². The number of rotatable bonds is 7. The molecule has 0 aliphatic heterocycles. The van der Waals surface area contributed by atoms with Crippen LogP contribution in [0.25, 0.3) is 0 Å². The lowest BCUT2D eigenvalue weighted by atomic mass is 10.3. The maximum absolute atomic E-state index is 11.9. The number of sulfonamides is 1. The predicted octanol–water partition coefficient (Wildman–Crippen LogP) is -0.250. The third-order valence-corrected chi connectivity index (χ3v) is 3.85. The summed E-state index contributed by atoms with van der Waals surface area (Å²) in [6, 6.07) is 6.40. The summed E-state index contributed by atoms with van der Waals surface area (Å²) in [7, 11) is -3.55. The van der Waals surface area contributed by atoms with Crippen LogP contribution in [-0.4, -0.2) is 44.4 Å². The first-order chi connectivity index (χ1) is 8.51. The third kappa shape index (κ3) is 3.95. The van der Waals surface area contributed by atoms with E-state index >= 15 is 0 Å². The van der Waals surface area contributed by atoms with Crippen molar-refractivity contribution in [1.29, 1.82) is 0 Å². The Labute approximate surface area is 107 Å². The lowest BCUT2D eigenvalue weighted by molar-refractivity contribution is 0.105. The highest BCUT2D eigenvalue weighted by Crippen LogP contribution is 2.20. The molecule has 0 radical (unpaired) electrons. The number of aliphatic hydroxyl groups excluding tert-OH is 2. The third-order valence-electron chi connectivity index (χ3n) is 2.25. The smallest absolute Gasteiger partial charge is 0.242 e. The second-order valence-electron chi connectivity index (χ2n) is 3.71. The largest absolute Gasteiger partial charge is 0.394 e. The lowest BCUT2D eigenvalue weighted by Crippen LogP contribution is -2.26. The van der Waals surface area contributed by atoms with Gasteiger partial charge in [-0.3, -0.25) is 0 Å². The number of anilines is 1. The number of para-hydroxylation sites is 1. The molecule has 0 saturated heterocycles. The SMILES string of the molecule is CCNS(=O)(=O)c1ccccc1NCC(O)CO. The molecule has 0 aromatic heterocycles. The Balaban J connectivity index is 2.93. The molecule has 0 fully saturated rings. The predicted molar refractivity (Wildman–Crippen MR) is 68.9 cm³/mol. The summed E-state index contributed by atoms with van der Waals surface area (Å²) in [5.41, 5.74) is 0.394. The summed E-state index contributed by atoms with van der Waals surface area (Å²) in [5.74, 6) is 0. The number of nitrogens with one attached hydrogen (secondary N) is 2. The summed E-state index contributed by atoms with van der Waals surface area (Å²) in [5, 5.41) is 20.7. The molecule has 1 unspecified atom stereocenters. The minimum atomic E-state index is -3.55. The van der Waals surface area contributed by atoms with Gasteiger partial charge in [-0.05, 0) is 12.1 Å². The van der Waals surface area contributed by atoms with Gasteiger partial charge >= 0.3 is 0 Å². The highest BCUT2D eigenvalue weighted by molar-refractivity contribution is 7.89. The fraction of sp³-hybridized carbons (Fsp3) is 0.455. The molecule has 1 aromatic carbocycles. The van der Waals surface area contributed by atoms with Crippen molar-refractivity contribution in [3.8, 4) is 0 Å². The van der Waals surface area contributed by atoms with Gasteiger partial charge in [-0.25, -0.2) is 13.1 Å². The summed E-state index contributed by atoms with van der Waals surface area (Å²) in [6.45, 7) is 1.70. The van der Waals surface area contributed by atoms with Crippen molar-refractivity contribution < 1.29 is 18.6 Å². The molecule has 6 nitrogen and oxygen atoms in total. The van der Waals surface area contributed by atoms with E-state index in [2.05, 4.69) is 10.0 Å². The Bertz CT molecular complexity index is 476. The molecule has 102 valence electrons. The summed E-state index contributed by atoms with van der Waals surface area (Å²) in [4.78, 5) is 0.122. The molecular formula is C11H18N2O4S. The normalized spacial score (nSPS) is 13.3. The number of aliphatic hydroxyl groups is 2. The average molecular weight is 274 g/mol. The second-order valence-corrected chi connectivity index (χ2v) is 5.45. The monoisotopic (exact) mass is 274 g/mol. The van der Waals surface area contributed by atoms with Crippen molar-refractivity contribution in [2.24, 2.45) is 0 Å². The van der Waals surface area contributed by atoms with Crippen LogP contribution in [0.15, 0.2) is 29.2 Å². The minimum absolute atomic E-state index is 0.0785. The molecule has 1 rings (SSSR count). The molecule has 0 heterocycles. The van der Waals surface area contributed by atoms with E-state index in [0.29, 0.717) is 12.2 Å². The van der Waals surface area contributed by atoms with Gasteiger partial charge in [-0.1, -0.05) is 19.1 Å². The van der Waals surface area contributed by atoms with Crippen LogP contribution in [0.1, 0.15) is 6.92 Å². The zero-order valence-corrected chi connectivity index (χ0v) is 10.9. The number of hydrogen-bond acceptors (Lipinski definition) is 5. The van der Waals surface area contributed by atoms with E-state index in [0.717, 1.165) is 0 Å². The Hall–Kier alpha value is -1.15. The van der Waals surface area contributed by atoms with E-state index in [1.807, 2.05) is 0 Å².